The number of primary amides is 1. The lowest BCUT2D eigenvalue weighted by molar-refractivity contribution is -0.138. The van der Waals surface area contributed by atoms with Crippen LogP contribution < -0.4 is 10.5 Å². The highest BCUT2D eigenvalue weighted by atomic mass is 32.1. The average Bonchev–Trinajstić information content (AvgIpc) is 3.30. The van der Waals surface area contributed by atoms with Gasteiger partial charge in [-0.25, -0.2) is 4.98 Å². The van der Waals surface area contributed by atoms with Gasteiger partial charge in [-0.05, 0) is 18.2 Å². The van der Waals surface area contributed by atoms with Crippen LogP contribution in [-0.4, -0.2) is 20.4 Å². The van der Waals surface area contributed by atoms with Crippen molar-refractivity contribution in [3.63, 3.8) is 0 Å². The van der Waals surface area contributed by atoms with Gasteiger partial charge in [0.15, 0.2) is 10.0 Å². The molecule has 1 amide bonds. The summed E-state index contributed by atoms with van der Waals surface area (Å²) in [5.74, 6) is -0.899. The number of ether oxygens (including phenoxy) is 1. The number of carbonyl (C=O) groups is 1. The summed E-state index contributed by atoms with van der Waals surface area (Å²) in [6.07, 6.45) is -2.98. The quantitative estimate of drug-likeness (QED) is 0.527. The molecule has 0 aliphatic carbocycles. The number of hydrogen-bond donors (Lipinski definition) is 1. The topological polar surface area (TPSA) is 83.0 Å². The van der Waals surface area contributed by atoms with E-state index >= 15 is 0 Å². The lowest BCUT2D eigenvalue weighted by Crippen LogP contribution is -2.13. The monoisotopic (exact) mass is 418 g/mol. The minimum absolute atomic E-state index is 0.0160. The lowest BCUT2D eigenvalue weighted by atomic mass is 10.1. The van der Waals surface area contributed by atoms with Crippen molar-refractivity contribution in [3.05, 3.63) is 70.9 Å². The van der Waals surface area contributed by atoms with Gasteiger partial charge in [0.25, 0.3) is 5.91 Å². The maximum atomic E-state index is 13.2. The second kappa shape index (κ2) is 7.21. The fraction of sp³-hybridized carbons (Fsp3) is 0.105. The summed E-state index contributed by atoms with van der Waals surface area (Å²) in [5, 5.41) is 0.367. The van der Waals surface area contributed by atoms with Gasteiger partial charge in [0.1, 0.15) is 12.9 Å². The first kappa shape index (κ1) is 18.9. The molecule has 2 N–H and O–H groups in total. The summed E-state index contributed by atoms with van der Waals surface area (Å²) in [6.45, 7) is -0.413. The molecular formula is C19H13F3N4O2S. The molecule has 0 saturated heterocycles. The summed E-state index contributed by atoms with van der Waals surface area (Å²) >= 11 is 0.975. The van der Waals surface area contributed by atoms with Crippen molar-refractivity contribution in [2.75, 3.05) is 0 Å². The number of halogens is 3. The predicted octanol–water partition coefficient (Wildman–Crippen LogP) is 4.18. The van der Waals surface area contributed by atoms with Crippen molar-refractivity contribution >= 4 is 28.3 Å². The van der Waals surface area contributed by atoms with Crippen LogP contribution in [0.2, 0.25) is 0 Å². The molecule has 0 aliphatic rings. The molecule has 4 rings (SSSR count). The molecule has 10 heteroatoms. The van der Waals surface area contributed by atoms with Gasteiger partial charge >= 0.3 is 6.18 Å². The number of imidazole rings is 1. The molecule has 4 aromatic rings. The molecule has 6 nitrogen and oxygen atoms in total. The van der Waals surface area contributed by atoms with Crippen LogP contribution in [-0.2, 0) is 12.8 Å². The molecule has 2 heterocycles. The van der Waals surface area contributed by atoms with Crippen LogP contribution >= 0.6 is 11.3 Å². The summed E-state index contributed by atoms with van der Waals surface area (Å²) in [4.78, 5) is 20.4. The Hall–Kier alpha value is -3.40. The Kier molecular flexibility index (Phi) is 4.71. The number of hydrogen-bond acceptors (Lipinski definition) is 5. The molecule has 0 saturated carbocycles. The number of para-hydroxylation sites is 2. The number of fused-ring (bicyclic) bond motifs is 1. The van der Waals surface area contributed by atoms with E-state index in [-0.39, 0.29) is 16.3 Å². The second-order valence-corrected chi connectivity index (χ2v) is 7.02. The first-order chi connectivity index (χ1) is 13.8. The summed E-state index contributed by atoms with van der Waals surface area (Å²) in [7, 11) is 0. The SMILES string of the molecule is NC(=O)c1sc(-n2cnc3ccccc32)nc1OCc1ccccc1C(F)(F)F. The van der Waals surface area contributed by atoms with Crippen molar-refractivity contribution in [1.82, 2.24) is 14.5 Å². The Morgan fingerprint density at radius 3 is 2.62 bits per heavy atom. The van der Waals surface area contributed by atoms with Crippen LogP contribution in [0.25, 0.3) is 16.2 Å². The van der Waals surface area contributed by atoms with E-state index in [0.29, 0.717) is 5.13 Å². The third-order valence-electron chi connectivity index (χ3n) is 4.16. The first-order valence-electron chi connectivity index (χ1n) is 8.35. The van der Waals surface area contributed by atoms with Crippen molar-refractivity contribution in [3.8, 4) is 11.0 Å². The zero-order valence-electron chi connectivity index (χ0n) is 14.7. The molecule has 0 unspecified atom stereocenters. The van der Waals surface area contributed by atoms with E-state index in [1.165, 1.54) is 24.5 Å². The van der Waals surface area contributed by atoms with E-state index in [2.05, 4.69) is 9.97 Å². The fourth-order valence-corrected chi connectivity index (χ4v) is 3.68. The zero-order valence-corrected chi connectivity index (χ0v) is 15.5. The number of thiazole rings is 1. The van der Waals surface area contributed by atoms with Crippen LogP contribution in [0.1, 0.15) is 20.8 Å². The lowest BCUT2D eigenvalue weighted by Gasteiger charge is -2.12. The van der Waals surface area contributed by atoms with Crippen molar-refractivity contribution in [1.29, 1.82) is 0 Å². The van der Waals surface area contributed by atoms with Crippen molar-refractivity contribution < 1.29 is 22.7 Å². The number of nitrogens with zero attached hydrogens (tertiary/aromatic N) is 3. The minimum Gasteiger partial charge on any atom is -0.472 e. The van der Waals surface area contributed by atoms with Crippen LogP contribution in [0.3, 0.4) is 0 Å². The minimum atomic E-state index is -4.52. The predicted molar refractivity (Wildman–Crippen MR) is 101 cm³/mol. The molecule has 0 fully saturated rings. The number of benzene rings is 2. The highest BCUT2D eigenvalue weighted by Gasteiger charge is 2.33. The molecule has 29 heavy (non-hydrogen) atoms. The molecule has 2 aromatic heterocycles. The third-order valence-corrected chi connectivity index (χ3v) is 5.21. The van der Waals surface area contributed by atoms with Crippen LogP contribution in [0.5, 0.6) is 5.88 Å². The fourth-order valence-electron chi connectivity index (χ4n) is 2.83. The number of nitrogens with two attached hydrogens (primary N) is 1. The molecule has 148 valence electrons. The summed E-state index contributed by atoms with van der Waals surface area (Å²) in [6, 6.07) is 12.4. The Bertz CT molecular complexity index is 1200. The van der Waals surface area contributed by atoms with Gasteiger partial charge < -0.3 is 10.5 Å². The highest BCUT2D eigenvalue weighted by Crippen LogP contribution is 2.34. The standard InChI is InChI=1S/C19H13F3N4O2S/c20-19(21,22)12-6-2-1-5-11(12)9-28-17-15(16(23)27)29-18(25-17)26-10-24-13-7-3-4-8-14(13)26/h1-8,10H,9H2,(H2,23,27). The van der Waals surface area contributed by atoms with Crippen LogP contribution in [0, 0.1) is 0 Å². The summed E-state index contributed by atoms with van der Waals surface area (Å²) in [5.41, 5.74) is 6.01. The van der Waals surface area contributed by atoms with E-state index in [1.807, 2.05) is 24.3 Å². The van der Waals surface area contributed by atoms with Crippen LogP contribution in [0.4, 0.5) is 13.2 Å². The average molecular weight is 418 g/mol. The number of aromatic nitrogens is 3. The Balaban J connectivity index is 1.68. The largest absolute Gasteiger partial charge is 0.472 e. The van der Waals surface area contributed by atoms with E-state index in [9.17, 15) is 18.0 Å². The molecular weight excluding hydrogens is 405 g/mol. The molecule has 0 radical (unpaired) electrons. The number of amides is 1. The van der Waals surface area contributed by atoms with E-state index < -0.39 is 24.3 Å². The van der Waals surface area contributed by atoms with Gasteiger partial charge in [-0.1, -0.05) is 41.7 Å². The molecule has 0 aliphatic heterocycles. The highest BCUT2D eigenvalue weighted by molar-refractivity contribution is 7.16. The Morgan fingerprint density at radius 1 is 1.14 bits per heavy atom. The molecule has 0 spiro atoms. The van der Waals surface area contributed by atoms with Gasteiger partial charge in [0, 0.05) is 5.56 Å². The van der Waals surface area contributed by atoms with Crippen molar-refractivity contribution in [2.45, 2.75) is 12.8 Å². The Labute approximate surface area is 166 Å². The second-order valence-electron chi connectivity index (χ2n) is 6.04. The van der Waals surface area contributed by atoms with E-state index in [0.717, 1.165) is 28.4 Å². The maximum absolute atomic E-state index is 13.2. The molecule has 0 bridgehead atoms. The molecule has 2 aromatic carbocycles. The smallest absolute Gasteiger partial charge is 0.416 e. The van der Waals surface area contributed by atoms with E-state index in [4.69, 9.17) is 10.5 Å². The number of carbonyl (C=O) groups excluding carboxylic acids is 1. The number of alkyl halides is 3. The van der Waals surface area contributed by atoms with Crippen molar-refractivity contribution in [2.24, 2.45) is 5.73 Å². The first-order valence-corrected chi connectivity index (χ1v) is 9.17. The Morgan fingerprint density at radius 2 is 1.86 bits per heavy atom. The normalized spacial score (nSPS) is 11.7. The maximum Gasteiger partial charge on any atom is 0.416 e. The number of rotatable bonds is 5. The van der Waals surface area contributed by atoms with Crippen LogP contribution in [0.15, 0.2) is 54.9 Å². The van der Waals surface area contributed by atoms with Gasteiger partial charge in [-0.15, -0.1) is 0 Å². The zero-order chi connectivity index (χ0) is 20.6. The van der Waals surface area contributed by atoms with Gasteiger partial charge in [0.05, 0.1) is 16.6 Å². The molecule has 0 atom stereocenters. The van der Waals surface area contributed by atoms with Gasteiger partial charge in [-0.3, -0.25) is 9.36 Å². The third kappa shape index (κ3) is 3.66. The van der Waals surface area contributed by atoms with Gasteiger partial charge in [-0.2, -0.15) is 18.2 Å². The van der Waals surface area contributed by atoms with Gasteiger partial charge in [0.2, 0.25) is 5.88 Å². The summed E-state index contributed by atoms with van der Waals surface area (Å²) < 4.78 is 46.6. The van der Waals surface area contributed by atoms with E-state index in [1.54, 1.807) is 4.57 Å².